The van der Waals surface area contributed by atoms with E-state index in [1.807, 2.05) is 13.0 Å². The van der Waals surface area contributed by atoms with Crippen LogP contribution in [0.5, 0.6) is 0 Å². The van der Waals surface area contributed by atoms with Crippen molar-refractivity contribution < 1.29 is 9.18 Å². The van der Waals surface area contributed by atoms with E-state index >= 15 is 0 Å². The van der Waals surface area contributed by atoms with Gasteiger partial charge in [0.05, 0.1) is 4.88 Å². The molecule has 0 saturated carbocycles. The van der Waals surface area contributed by atoms with Crippen molar-refractivity contribution in [1.29, 1.82) is 0 Å². The molecule has 4 heteroatoms. The van der Waals surface area contributed by atoms with Crippen LogP contribution in [-0.2, 0) is 13.0 Å². The summed E-state index contributed by atoms with van der Waals surface area (Å²) in [6, 6.07) is 10.2. The summed E-state index contributed by atoms with van der Waals surface area (Å²) in [7, 11) is 0. The molecule has 1 N–H and O–H groups in total. The van der Waals surface area contributed by atoms with Crippen LogP contribution >= 0.6 is 11.3 Å². The highest BCUT2D eigenvalue weighted by atomic mass is 32.1. The molecule has 0 aliphatic heterocycles. The van der Waals surface area contributed by atoms with Crippen LogP contribution in [0.2, 0.25) is 0 Å². The minimum atomic E-state index is -0.293. The average molecular weight is 263 g/mol. The number of hydrogen-bond acceptors (Lipinski definition) is 2. The third-order valence-corrected chi connectivity index (χ3v) is 3.86. The van der Waals surface area contributed by atoms with Gasteiger partial charge in [0.2, 0.25) is 0 Å². The first-order valence-electron chi connectivity index (χ1n) is 5.81. The smallest absolute Gasteiger partial charge is 0.261 e. The van der Waals surface area contributed by atoms with E-state index in [2.05, 4.69) is 5.32 Å². The van der Waals surface area contributed by atoms with Crippen molar-refractivity contribution in [3.05, 3.63) is 57.5 Å². The molecule has 1 amide bonds. The molecule has 2 nitrogen and oxygen atoms in total. The molecule has 0 unspecified atom stereocenters. The Labute approximate surface area is 109 Å². The first kappa shape index (κ1) is 12.8. The highest BCUT2D eigenvalue weighted by molar-refractivity contribution is 7.14. The Morgan fingerprint density at radius 1 is 1.28 bits per heavy atom. The number of carbonyl (C=O) groups is 1. The Kier molecular flexibility index (Phi) is 4.10. The monoisotopic (exact) mass is 263 g/mol. The number of carbonyl (C=O) groups excluding carboxylic acids is 1. The summed E-state index contributed by atoms with van der Waals surface area (Å²) in [4.78, 5) is 13.7. The lowest BCUT2D eigenvalue weighted by Gasteiger charge is -2.04. The number of hydrogen-bond donors (Lipinski definition) is 1. The Morgan fingerprint density at radius 2 is 2.06 bits per heavy atom. The van der Waals surface area contributed by atoms with E-state index in [0.29, 0.717) is 10.4 Å². The number of benzene rings is 1. The molecule has 0 bridgehead atoms. The molecule has 0 fully saturated rings. The van der Waals surface area contributed by atoms with Crippen LogP contribution in [0.1, 0.15) is 27.0 Å². The van der Waals surface area contributed by atoms with Crippen LogP contribution in [0.3, 0.4) is 0 Å². The molecule has 2 rings (SSSR count). The van der Waals surface area contributed by atoms with Crippen LogP contribution in [0.15, 0.2) is 36.4 Å². The Morgan fingerprint density at radius 3 is 2.72 bits per heavy atom. The van der Waals surface area contributed by atoms with E-state index in [1.54, 1.807) is 24.3 Å². The molecule has 94 valence electrons. The van der Waals surface area contributed by atoms with Gasteiger partial charge in [0, 0.05) is 17.0 Å². The molecular weight excluding hydrogens is 249 g/mol. The molecule has 1 heterocycles. The van der Waals surface area contributed by atoms with Gasteiger partial charge in [-0.2, -0.15) is 0 Å². The van der Waals surface area contributed by atoms with Gasteiger partial charge < -0.3 is 5.32 Å². The van der Waals surface area contributed by atoms with Crippen molar-refractivity contribution in [2.75, 3.05) is 0 Å². The van der Waals surface area contributed by atoms with Crippen molar-refractivity contribution in [3.63, 3.8) is 0 Å². The van der Waals surface area contributed by atoms with E-state index in [1.165, 1.54) is 22.3 Å². The Bertz CT molecular complexity index is 550. The lowest BCUT2D eigenvalue weighted by Crippen LogP contribution is -2.22. The minimum absolute atomic E-state index is 0.150. The third kappa shape index (κ3) is 2.96. The minimum Gasteiger partial charge on any atom is -0.347 e. The summed E-state index contributed by atoms with van der Waals surface area (Å²) in [5, 5.41) is 2.72. The molecule has 0 atom stereocenters. The summed E-state index contributed by atoms with van der Waals surface area (Å²) < 4.78 is 13.4. The molecule has 0 aliphatic rings. The molecular formula is C14H14FNOS. The lowest BCUT2D eigenvalue weighted by molar-refractivity contribution is 0.0954. The lowest BCUT2D eigenvalue weighted by atomic mass is 10.2. The summed E-state index contributed by atoms with van der Waals surface area (Å²) in [6.07, 6.45) is 0.922. The van der Waals surface area contributed by atoms with Gasteiger partial charge in [-0.3, -0.25) is 4.79 Å². The van der Waals surface area contributed by atoms with Gasteiger partial charge in [-0.1, -0.05) is 25.1 Å². The van der Waals surface area contributed by atoms with Gasteiger partial charge in [0.1, 0.15) is 5.82 Å². The van der Waals surface area contributed by atoms with Crippen LogP contribution in [0.25, 0.3) is 0 Å². The van der Waals surface area contributed by atoms with E-state index < -0.39 is 0 Å². The molecule has 1 aromatic carbocycles. The quantitative estimate of drug-likeness (QED) is 0.900. The Balaban J connectivity index is 1.98. The predicted molar refractivity (Wildman–Crippen MR) is 71.3 cm³/mol. The number of aryl methyl sites for hydroxylation is 1. The van der Waals surface area contributed by atoms with Crippen molar-refractivity contribution in [2.24, 2.45) is 0 Å². The molecule has 1 aromatic heterocycles. The maximum absolute atomic E-state index is 13.4. The number of rotatable bonds is 4. The van der Waals surface area contributed by atoms with Crippen molar-refractivity contribution in [3.8, 4) is 0 Å². The highest BCUT2D eigenvalue weighted by Gasteiger charge is 2.09. The second-order valence-electron chi connectivity index (χ2n) is 3.89. The molecule has 0 radical (unpaired) electrons. The largest absolute Gasteiger partial charge is 0.347 e. The first-order valence-corrected chi connectivity index (χ1v) is 6.62. The van der Waals surface area contributed by atoms with E-state index in [9.17, 15) is 9.18 Å². The normalized spacial score (nSPS) is 10.3. The molecule has 2 aromatic rings. The van der Waals surface area contributed by atoms with Crippen LogP contribution in [0, 0.1) is 5.82 Å². The first-order chi connectivity index (χ1) is 8.70. The van der Waals surface area contributed by atoms with Crippen LogP contribution in [-0.4, -0.2) is 5.91 Å². The van der Waals surface area contributed by atoms with Gasteiger partial charge in [-0.25, -0.2) is 4.39 Å². The second kappa shape index (κ2) is 5.78. The van der Waals surface area contributed by atoms with Crippen molar-refractivity contribution in [2.45, 2.75) is 19.9 Å². The fourth-order valence-electron chi connectivity index (χ4n) is 1.59. The van der Waals surface area contributed by atoms with Gasteiger partial charge >= 0.3 is 0 Å². The molecule has 18 heavy (non-hydrogen) atoms. The SMILES string of the molecule is CCc1ccc(C(=O)NCc2ccccc2F)s1. The second-order valence-corrected chi connectivity index (χ2v) is 5.06. The number of thiophene rings is 1. The Hall–Kier alpha value is -1.68. The van der Waals surface area contributed by atoms with Crippen LogP contribution in [0.4, 0.5) is 4.39 Å². The maximum atomic E-state index is 13.4. The zero-order valence-corrected chi connectivity index (χ0v) is 10.9. The zero-order chi connectivity index (χ0) is 13.0. The third-order valence-electron chi connectivity index (χ3n) is 2.63. The molecule has 0 spiro atoms. The van der Waals surface area contributed by atoms with Crippen molar-refractivity contribution >= 4 is 17.2 Å². The summed E-state index contributed by atoms with van der Waals surface area (Å²) >= 11 is 1.47. The van der Waals surface area contributed by atoms with Gasteiger partial charge in [-0.15, -0.1) is 11.3 Å². The number of nitrogens with one attached hydrogen (secondary N) is 1. The fraction of sp³-hybridized carbons (Fsp3) is 0.214. The molecule has 0 saturated heterocycles. The fourth-order valence-corrected chi connectivity index (χ4v) is 2.46. The summed E-state index contributed by atoms with van der Waals surface area (Å²) in [5.41, 5.74) is 0.498. The van der Waals surface area contributed by atoms with E-state index in [-0.39, 0.29) is 18.3 Å². The molecule has 0 aliphatic carbocycles. The summed E-state index contributed by atoms with van der Waals surface area (Å²) in [6.45, 7) is 2.26. The van der Waals surface area contributed by atoms with Crippen molar-refractivity contribution in [1.82, 2.24) is 5.32 Å². The standard InChI is InChI=1S/C14H14FNOS/c1-2-11-7-8-13(18-11)14(17)16-9-10-5-3-4-6-12(10)15/h3-8H,2,9H2,1H3,(H,16,17). The zero-order valence-electron chi connectivity index (χ0n) is 10.1. The maximum Gasteiger partial charge on any atom is 0.261 e. The van der Waals surface area contributed by atoms with Gasteiger partial charge in [0.15, 0.2) is 0 Å². The highest BCUT2D eigenvalue weighted by Crippen LogP contribution is 2.17. The number of amides is 1. The average Bonchev–Trinajstić information content (AvgIpc) is 2.86. The van der Waals surface area contributed by atoms with E-state index in [0.717, 1.165) is 6.42 Å². The van der Waals surface area contributed by atoms with E-state index in [4.69, 9.17) is 0 Å². The topological polar surface area (TPSA) is 29.1 Å². The number of halogens is 1. The summed E-state index contributed by atoms with van der Waals surface area (Å²) in [5.74, 6) is -0.443. The predicted octanol–water partition coefficient (Wildman–Crippen LogP) is 3.38. The van der Waals surface area contributed by atoms with Gasteiger partial charge in [0.25, 0.3) is 5.91 Å². The van der Waals surface area contributed by atoms with Crippen LogP contribution < -0.4 is 5.32 Å². The van der Waals surface area contributed by atoms with Gasteiger partial charge in [-0.05, 0) is 24.6 Å².